The summed E-state index contributed by atoms with van der Waals surface area (Å²) in [5.74, 6) is 0.170. The highest BCUT2D eigenvalue weighted by atomic mass is 79.9. The van der Waals surface area contributed by atoms with Gasteiger partial charge in [-0.2, -0.15) is 5.10 Å². The van der Waals surface area contributed by atoms with Crippen molar-refractivity contribution >= 4 is 27.5 Å². The third-order valence-corrected chi connectivity index (χ3v) is 4.75. The van der Waals surface area contributed by atoms with Gasteiger partial charge in [-0.05, 0) is 37.0 Å². The van der Waals surface area contributed by atoms with Crippen molar-refractivity contribution < 1.29 is 4.79 Å². The SMILES string of the molecule is CC1(C)CC(c2ccc(Br)cc2)=NN(C2CCC2)C1=O. The highest BCUT2D eigenvalue weighted by Crippen LogP contribution is 2.36. The molecule has 1 fully saturated rings. The molecule has 20 heavy (non-hydrogen) atoms. The van der Waals surface area contributed by atoms with E-state index in [-0.39, 0.29) is 11.3 Å². The lowest BCUT2D eigenvalue weighted by atomic mass is 9.81. The van der Waals surface area contributed by atoms with E-state index in [0.29, 0.717) is 12.5 Å². The molecule has 1 saturated carbocycles. The van der Waals surface area contributed by atoms with Crippen molar-refractivity contribution in [2.75, 3.05) is 0 Å². The molecule has 1 aromatic carbocycles. The number of nitrogens with zero attached hydrogens (tertiary/aromatic N) is 2. The van der Waals surface area contributed by atoms with Gasteiger partial charge in [0.2, 0.25) is 5.91 Å². The standard InChI is InChI=1S/C16H19BrN2O/c1-16(2)10-14(11-6-8-12(17)9-7-11)18-19(15(16)20)13-4-3-5-13/h6-9,13H,3-5,10H2,1-2H3. The largest absolute Gasteiger partial charge is 0.272 e. The molecule has 3 rings (SSSR count). The fourth-order valence-electron chi connectivity index (χ4n) is 2.70. The molecule has 2 aliphatic rings. The van der Waals surface area contributed by atoms with Crippen molar-refractivity contribution in [3.63, 3.8) is 0 Å². The van der Waals surface area contributed by atoms with E-state index in [1.54, 1.807) is 5.01 Å². The molecule has 1 amide bonds. The van der Waals surface area contributed by atoms with Crippen molar-refractivity contribution in [2.45, 2.75) is 45.6 Å². The smallest absolute Gasteiger partial charge is 0.248 e. The van der Waals surface area contributed by atoms with E-state index >= 15 is 0 Å². The summed E-state index contributed by atoms with van der Waals surface area (Å²) in [6, 6.07) is 8.48. The van der Waals surface area contributed by atoms with Gasteiger partial charge in [0.25, 0.3) is 0 Å². The fourth-order valence-corrected chi connectivity index (χ4v) is 2.96. The summed E-state index contributed by atoms with van der Waals surface area (Å²) in [6.45, 7) is 4.04. The van der Waals surface area contributed by atoms with Gasteiger partial charge in [0, 0.05) is 10.9 Å². The molecule has 1 aliphatic carbocycles. The molecular weight excluding hydrogens is 316 g/mol. The van der Waals surface area contributed by atoms with Crippen molar-refractivity contribution in [3.05, 3.63) is 34.3 Å². The van der Waals surface area contributed by atoms with E-state index in [4.69, 9.17) is 0 Å². The Kier molecular flexibility index (Phi) is 3.44. The number of hydrogen-bond donors (Lipinski definition) is 0. The van der Waals surface area contributed by atoms with Gasteiger partial charge in [-0.25, -0.2) is 5.01 Å². The summed E-state index contributed by atoms with van der Waals surface area (Å²) >= 11 is 3.45. The van der Waals surface area contributed by atoms with Gasteiger partial charge in [0.15, 0.2) is 0 Å². The quantitative estimate of drug-likeness (QED) is 0.805. The summed E-state index contributed by atoms with van der Waals surface area (Å²) in [7, 11) is 0. The van der Waals surface area contributed by atoms with E-state index in [2.05, 4.69) is 33.2 Å². The molecule has 1 aromatic rings. The van der Waals surface area contributed by atoms with E-state index in [9.17, 15) is 4.79 Å². The Morgan fingerprint density at radius 1 is 1.25 bits per heavy atom. The van der Waals surface area contributed by atoms with Crippen molar-refractivity contribution in [1.82, 2.24) is 5.01 Å². The molecule has 0 atom stereocenters. The molecular formula is C16H19BrN2O. The van der Waals surface area contributed by atoms with E-state index < -0.39 is 0 Å². The van der Waals surface area contributed by atoms with Crippen LogP contribution in [0.5, 0.6) is 0 Å². The zero-order chi connectivity index (χ0) is 14.3. The minimum atomic E-state index is -0.361. The molecule has 0 bridgehead atoms. The molecule has 0 unspecified atom stereocenters. The Balaban J connectivity index is 1.96. The molecule has 0 aromatic heterocycles. The molecule has 3 nitrogen and oxygen atoms in total. The minimum absolute atomic E-state index is 0.170. The summed E-state index contributed by atoms with van der Waals surface area (Å²) < 4.78 is 1.06. The lowest BCUT2D eigenvalue weighted by molar-refractivity contribution is -0.145. The highest BCUT2D eigenvalue weighted by molar-refractivity contribution is 9.10. The van der Waals surface area contributed by atoms with Crippen LogP contribution < -0.4 is 0 Å². The highest BCUT2D eigenvalue weighted by Gasteiger charge is 2.42. The zero-order valence-electron chi connectivity index (χ0n) is 11.9. The fraction of sp³-hybridized carbons (Fsp3) is 0.500. The van der Waals surface area contributed by atoms with Gasteiger partial charge < -0.3 is 0 Å². The average Bonchev–Trinajstić information content (AvgIpc) is 2.33. The van der Waals surface area contributed by atoms with Crippen LogP contribution in [0.15, 0.2) is 33.8 Å². The Bertz CT molecular complexity index is 558. The Morgan fingerprint density at radius 2 is 1.90 bits per heavy atom. The van der Waals surface area contributed by atoms with Crippen LogP contribution in [0.1, 0.15) is 45.1 Å². The molecule has 106 valence electrons. The average molecular weight is 335 g/mol. The van der Waals surface area contributed by atoms with Crippen molar-refractivity contribution in [3.8, 4) is 0 Å². The Hall–Kier alpha value is -1.16. The first kappa shape index (κ1) is 13.8. The predicted molar refractivity (Wildman–Crippen MR) is 83.6 cm³/mol. The van der Waals surface area contributed by atoms with Crippen LogP contribution in [-0.2, 0) is 4.79 Å². The van der Waals surface area contributed by atoms with Crippen LogP contribution in [0.2, 0.25) is 0 Å². The van der Waals surface area contributed by atoms with Crippen LogP contribution in [0.3, 0.4) is 0 Å². The topological polar surface area (TPSA) is 32.7 Å². The van der Waals surface area contributed by atoms with Gasteiger partial charge in [-0.1, -0.05) is 41.9 Å². The number of carbonyl (C=O) groups is 1. The van der Waals surface area contributed by atoms with E-state index in [0.717, 1.165) is 28.6 Å². The molecule has 0 spiro atoms. The Morgan fingerprint density at radius 3 is 2.45 bits per heavy atom. The Labute approximate surface area is 128 Å². The predicted octanol–water partition coefficient (Wildman–Crippen LogP) is 3.96. The van der Waals surface area contributed by atoms with E-state index in [1.807, 2.05) is 26.0 Å². The third kappa shape index (κ3) is 2.41. The first-order chi connectivity index (χ1) is 9.47. The summed E-state index contributed by atoms with van der Waals surface area (Å²) in [6.07, 6.45) is 4.08. The van der Waals surface area contributed by atoms with Crippen LogP contribution in [0.25, 0.3) is 0 Å². The lowest BCUT2D eigenvalue weighted by Gasteiger charge is -2.41. The number of benzene rings is 1. The second kappa shape index (κ2) is 4.99. The van der Waals surface area contributed by atoms with Crippen molar-refractivity contribution in [2.24, 2.45) is 10.5 Å². The number of hydrazone groups is 1. The normalized spacial score (nSPS) is 22.4. The first-order valence-electron chi connectivity index (χ1n) is 7.14. The first-order valence-corrected chi connectivity index (χ1v) is 7.94. The van der Waals surface area contributed by atoms with Crippen LogP contribution in [0, 0.1) is 5.41 Å². The maximum absolute atomic E-state index is 12.5. The zero-order valence-corrected chi connectivity index (χ0v) is 13.5. The molecule has 1 aliphatic heterocycles. The minimum Gasteiger partial charge on any atom is -0.272 e. The molecule has 0 saturated heterocycles. The van der Waals surface area contributed by atoms with Gasteiger partial charge in [0.1, 0.15) is 0 Å². The summed E-state index contributed by atoms with van der Waals surface area (Å²) in [5.41, 5.74) is 1.77. The maximum Gasteiger partial charge on any atom is 0.248 e. The monoisotopic (exact) mass is 334 g/mol. The maximum atomic E-state index is 12.5. The summed E-state index contributed by atoms with van der Waals surface area (Å²) in [4.78, 5) is 12.5. The van der Waals surface area contributed by atoms with E-state index in [1.165, 1.54) is 6.42 Å². The molecule has 1 heterocycles. The van der Waals surface area contributed by atoms with Gasteiger partial charge in [-0.3, -0.25) is 4.79 Å². The summed E-state index contributed by atoms with van der Waals surface area (Å²) in [5, 5.41) is 6.42. The number of amides is 1. The van der Waals surface area contributed by atoms with Gasteiger partial charge in [0.05, 0.1) is 17.2 Å². The van der Waals surface area contributed by atoms with Crippen LogP contribution in [-0.4, -0.2) is 22.7 Å². The molecule has 4 heteroatoms. The van der Waals surface area contributed by atoms with Crippen LogP contribution in [0.4, 0.5) is 0 Å². The van der Waals surface area contributed by atoms with Crippen LogP contribution >= 0.6 is 15.9 Å². The third-order valence-electron chi connectivity index (χ3n) is 4.22. The molecule has 0 N–H and O–H groups in total. The second-order valence-corrected chi connectivity index (χ2v) is 7.26. The number of rotatable bonds is 2. The van der Waals surface area contributed by atoms with Gasteiger partial charge >= 0.3 is 0 Å². The van der Waals surface area contributed by atoms with Crippen molar-refractivity contribution in [1.29, 1.82) is 0 Å². The second-order valence-electron chi connectivity index (χ2n) is 6.35. The van der Waals surface area contributed by atoms with Gasteiger partial charge in [-0.15, -0.1) is 0 Å². The lowest BCUT2D eigenvalue weighted by Crippen LogP contribution is -2.50. The number of hydrogen-bond acceptors (Lipinski definition) is 2. The number of halogens is 1. The molecule has 0 radical (unpaired) electrons. The number of carbonyl (C=O) groups excluding carboxylic acids is 1.